The molecule has 0 radical (unpaired) electrons. The Morgan fingerprint density at radius 1 is 0.532 bits per heavy atom. The number of rotatable bonds is 6. The molecule has 6 aromatic rings. The van der Waals surface area contributed by atoms with Gasteiger partial charge >= 0.3 is 0 Å². The number of aryl methyl sites for hydroxylation is 2. The molecule has 0 unspecified atom stereocenters. The lowest BCUT2D eigenvalue weighted by Gasteiger charge is -2.33. The normalized spacial score (nSPS) is 14.7. The first-order valence-electron chi connectivity index (χ1n) is 16.6. The van der Waals surface area contributed by atoms with Crippen molar-refractivity contribution < 1.29 is 10.2 Å². The number of benzene rings is 6. The van der Waals surface area contributed by atoms with Crippen LogP contribution in [-0.2, 0) is 17.3 Å². The highest BCUT2D eigenvalue weighted by Crippen LogP contribution is 2.58. The molecule has 2 aliphatic carbocycles. The van der Waals surface area contributed by atoms with Crippen molar-refractivity contribution in [3.8, 4) is 33.8 Å². The smallest absolute Gasteiger partial charge is 0.123 e. The number of hydrogen-bond acceptors (Lipinski definition) is 3. The summed E-state index contributed by atoms with van der Waals surface area (Å²) < 4.78 is 0. The van der Waals surface area contributed by atoms with Gasteiger partial charge in [0, 0.05) is 31.7 Å². The average Bonchev–Trinajstić information content (AvgIpc) is 3.54. The highest BCUT2D eigenvalue weighted by molar-refractivity contribution is 7.99. The second-order valence-corrected chi connectivity index (χ2v) is 14.3. The molecule has 232 valence electrons. The molecule has 0 saturated heterocycles. The number of aromatic hydroxyl groups is 2. The van der Waals surface area contributed by atoms with Crippen LogP contribution >= 0.6 is 11.8 Å². The molecule has 2 aliphatic rings. The van der Waals surface area contributed by atoms with Gasteiger partial charge in [0.25, 0.3) is 0 Å². The van der Waals surface area contributed by atoms with Gasteiger partial charge in [0.05, 0.1) is 0 Å². The maximum Gasteiger partial charge on any atom is 0.123 e. The van der Waals surface area contributed by atoms with Gasteiger partial charge < -0.3 is 10.2 Å². The van der Waals surface area contributed by atoms with Crippen LogP contribution in [0.15, 0.2) is 131 Å². The highest BCUT2D eigenvalue weighted by Gasteiger charge is 2.45. The second-order valence-electron chi connectivity index (χ2n) is 13.1. The molecule has 6 aromatic carbocycles. The minimum absolute atomic E-state index is 0.341. The summed E-state index contributed by atoms with van der Waals surface area (Å²) in [7, 11) is 0. The predicted octanol–water partition coefficient (Wildman–Crippen LogP) is 11.2. The average molecular weight is 631 g/mol. The van der Waals surface area contributed by atoms with Crippen molar-refractivity contribution in [1.82, 2.24) is 0 Å². The molecule has 3 heteroatoms. The number of fused-ring (bicyclic) bond motifs is 6. The summed E-state index contributed by atoms with van der Waals surface area (Å²) in [6.07, 6.45) is 1.55. The molecule has 0 saturated carbocycles. The molecular formula is C44H38O2S. The largest absolute Gasteiger partial charge is 0.507 e. The van der Waals surface area contributed by atoms with Gasteiger partial charge in [-0.3, -0.25) is 0 Å². The fraction of sp³-hybridized carbons (Fsp3) is 0.182. The Labute approximate surface area is 281 Å². The third-order valence-corrected chi connectivity index (χ3v) is 11.8. The summed E-state index contributed by atoms with van der Waals surface area (Å²) in [4.78, 5) is 2.15. The van der Waals surface area contributed by atoms with E-state index in [4.69, 9.17) is 0 Å². The minimum Gasteiger partial charge on any atom is -0.507 e. The molecule has 47 heavy (non-hydrogen) atoms. The van der Waals surface area contributed by atoms with Crippen molar-refractivity contribution in [2.75, 3.05) is 0 Å². The molecule has 0 atom stereocenters. The molecule has 0 aromatic heterocycles. The van der Waals surface area contributed by atoms with Crippen LogP contribution in [0.2, 0.25) is 0 Å². The van der Waals surface area contributed by atoms with Crippen LogP contribution in [0, 0.1) is 6.92 Å². The molecule has 2 nitrogen and oxygen atoms in total. The molecule has 0 spiro atoms. The highest BCUT2D eigenvalue weighted by atomic mass is 32.2. The summed E-state index contributed by atoms with van der Waals surface area (Å²) in [5.41, 5.74) is 12.5. The molecule has 0 heterocycles. The monoisotopic (exact) mass is 630 g/mol. The quantitative estimate of drug-likeness (QED) is 0.192. The van der Waals surface area contributed by atoms with Crippen LogP contribution in [0.25, 0.3) is 22.3 Å². The van der Waals surface area contributed by atoms with Crippen LogP contribution < -0.4 is 0 Å². The van der Waals surface area contributed by atoms with Gasteiger partial charge in [0.2, 0.25) is 0 Å². The number of phenols is 2. The third-order valence-electron chi connectivity index (χ3n) is 10.9. The molecular weight excluding hydrogens is 593 g/mol. The zero-order chi connectivity index (χ0) is 32.5. The van der Waals surface area contributed by atoms with Gasteiger partial charge in [-0.05, 0) is 107 Å². The van der Waals surface area contributed by atoms with Gasteiger partial charge in [0.15, 0.2) is 0 Å². The lowest BCUT2D eigenvalue weighted by atomic mass is 9.70. The molecule has 0 aliphatic heterocycles. The Balaban J connectivity index is 1.29. The van der Waals surface area contributed by atoms with E-state index in [2.05, 4.69) is 142 Å². The van der Waals surface area contributed by atoms with Crippen LogP contribution in [0.4, 0.5) is 0 Å². The molecule has 0 fully saturated rings. The first-order chi connectivity index (χ1) is 22.8. The van der Waals surface area contributed by atoms with Crippen molar-refractivity contribution in [2.24, 2.45) is 0 Å². The van der Waals surface area contributed by atoms with E-state index in [1.165, 1.54) is 44.5 Å². The van der Waals surface area contributed by atoms with Crippen molar-refractivity contribution in [2.45, 2.75) is 61.2 Å². The van der Waals surface area contributed by atoms with Gasteiger partial charge in [-0.2, -0.15) is 0 Å². The topological polar surface area (TPSA) is 40.5 Å². The summed E-state index contributed by atoms with van der Waals surface area (Å²) in [6, 6.07) is 43.1. The lowest BCUT2D eigenvalue weighted by Crippen LogP contribution is -2.26. The zero-order valence-electron chi connectivity index (χ0n) is 27.3. The Bertz CT molecular complexity index is 2120. The fourth-order valence-electron chi connectivity index (χ4n) is 8.57. The maximum absolute atomic E-state index is 11.9. The summed E-state index contributed by atoms with van der Waals surface area (Å²) in [6.45, 7) is 8.59. The Kier molecular flexibility index (Phi) is 6.89. The third kappa shape index (κ3) is 4.12. The summed E-state index contributed by atoms with van der Waals surface area (Å²) >= 11 is 1.71. The van der Waals surface area contributed by atoms with E-state index < -0.39 is 10.8 Å². The van der Waals surface area contributed by atoms with Gasteiger partial charge in [-0.15, -0.1) is 0 Å². The maximum atomic E-state index is 11.9. The van der Waals surface area contributed by atoms with Gasteiger partial charge in [-0.25, -0.2) is 0 Å². The molecule has 8 rings (SSSR count). The predicted molar refractivity (Wildman–Crippen MR) is 194 cm³/mol. The van der Waals surface area contributed by atoms with Crippen LogP contribution in [0.5, 0.6) is 11.5 Å². The van der Waals surface area contributed by atoms with Crippen molar-refractivity contribution in [3.63, 3.8) is 0 Å². The van der Waals surface area contributed by atoms with E-state index >= 15 is 0 Å². The minimum atomic E-state index is -0.503. The SMILES string of the molecule is CCc1cc(Sc2cc(C)c(O)c(C3(C)c4ccccc4-c4ccccc43)c2)cc(C2(CC)c3ccccc3-c3ccccc32)c1O. The first-order valence-corrected chi connectivity index (χ1v) is 17.4. The van der Waals surface area contributed by atoms with Crippen LogP contribution in [-0.4, -0.2) is 10.2 Å². The van der Waals surface area contributed by atoms with Crippen LogP contribution in [0.3, 0.4) is 0 Å². The number of phenolic OH excluding ortho intramolecular Hbond substituents is 2. The Morgan fingerprint density at radius 2 is 0.979 bits per heavy atom. The molecule has 0 amide bonds. The standard InChI is InChI=1S/C44H38O2S/c1-5-28-24-30(26-40(42(28)46)44(6-2)37-21-13-9-17-33(37)34-18-10-14-22-38(34)44)47-29-23-27(3)41(45)39(25-29)43(4)35-19-11-7-15-31(35)32-16-8-12-20-36(32)43/h7-26,45-46H,5-6H2,1-4H3. The van der Waals surface area contributed by atoms with E-state index in [0.717, 1.165) is 44.9 Å². The second kappa shape index (κ2) is 10.9. The number of hydrogen-bond donors (Lipinski definition) is 2. The molecule has 2 N–H and O–H groups in total. The molecule has 0 bridgehead atoms. The summed E-state index contributed by atoms with van der Waals surface area (Å²) in [5.74, 6) is 0.729. The Hall–Kier alpha value is -4.73. The van der Waals surface area contributed by atoms with Crippen molar-refractivity contribution in [1.29, 1.82) is 0 Å². The lowest BCUT2D eigenvalue weighted by molar-refractivity contribution is 0.444. The van der Waals surface area contributed by atoms with Gasteiger partial charge in [-0.1, -0.05) is 123 Å². The van der Waals surface area contributed by atoms with Crippen molar-refractivity contribution >= 4 is 11.8 Å². The summed E-state index contributed by atoms with van der Waals surface area (Å²) in [5, 5.41) is 23.6. The van der Waals surface area contributed by atoms with E-state index in [9.17, 15) is 10.2 Å². The zero-order valence-corrected chi connectivity index (χ0v) is 28.1. The van der Waals surface area contributed by atoms with E-state index in [-0.39, 0.29) is 0 Å². The van der Waals surface area contributed by atoms with E-state index in [0.29, 0.717) is 11.5 Å². The van der Waals surface area contributed by atoms with E-state index in [1.54, 1.807) is 11.8 Å². The van der Waals surface area contributed by atoms with E-state index in [1.807, 2.05) is 6.92 Å². The van der Waals surface area contributed by atoms with Crippen molar-refractivity contribution in [3.05, 3.63) is 166 Å². The fourth-order valence-corrected chi connectivity index (χ4v) is 9.63. The van der Waals surface area contributed by atoms with Gasteiger partial charge in [0.1, 0.15) is 11.5 Å². The van der Waals surface area contributed by atoms with Crippen LogP contribution in [0.1, 0.15) is 71.7 Å². The Morgan fingerprint density at radius 3 is 1.49 bits per heavy atom. The first kappa shape index (κ1) is 29.7.